The minimum absolute atomic E-state index is 0.0321. The molecule has 1 aliphatic rings. The molecule has 3 N–H and O–H groups in total. The van der Waals surface area contributed by atoms with Crippen LogP contribution in [0.3, 0.4) is 0 Å². The van der Waals surface area contributed by atoms with E-state index in [-0.39, 0.29) is 23.8 Å². The zero-order valence-electron chi connectivity index (χ0n) is 20.9. The second kappa shape index (κ2) is 10.7. The number of H-pyrrole nitrogens is 1. The lowest BCUT2D eigenvalue weighted by Gasteiger charge is -2.35. The summed E-state index contributed by atoms with van der Waals surface area (Å²) in [6.45, 7) is 11.3. The summed E-state index contributed by atoms with van der Waals surface area (Å²) in [5.41, 5.74) is 4.00. The van der Waals surface area contributed by atoms with Crippen LogP contribution in [0.4, 0.5) is 16.0 Å². The number of allylic oxidation sites excluding steroid dienone is 2. The monoisotopic (exact) mass is 490 g/mol. The van der Waals surface area contributed by atoms with Crippen molar-refractivity contribution in [3.05, 3.63) is 71.1 Å². The van der Waals surface area contributed by atoms with Gasteiger partial charge < -0.3 is 10.6 Å². The normalized spacial score (nSPS) is 18.9. The molecule has 4 rings (SSSR count). The van der Waals surface area contributed by atoms with Crippen molar-refractivity contribution in [3.8, 4) is 0 Å². The fourth-order valence-corrected chi connectivity index (χ4v) is 4.08. The molecule has 1 amide bonds. The number of aromatic nitrogens is 5. The maximum absolute atomic E-state index is 13.2. The van der Waals surface area contributed by atoms with Crippen LogP contribution in [0.5, 0.6) is 0 Å². The SMILES string of the molecule is C=N/C(=C\C=C(/C)[C@H](C)NC(=O)[C@H]1C[C@H](c2cc(C)cc(Nc3cc(C)[nH]n3)n2)C1)n1cc(F)cn1. The topological polar surface area (TPSA) is 113 Å². The molecule has 1 atom stereocenters. The summed E-state index contributed by atoms with van der Waals surface area (Å²) in [7, 11) is 0. The van der Waals surface area contributed by atoms with Crippen molar-refractivity contribution in [2.45, 2.75) is 52.5 Å². The van der Waals surface area contributed by atoms with Crippen LogP contribution < -0.4 is 10.6 Å². The fraction of sp³-hybridized carbons (Fsp3) is 0.346. The molecule has 3 aromatic heterocycles. The Morgan fingerprint density at radius 2 is 2.06 bits per heavy atom. The van der Waals surface area contributed by atoms with Crippen LogP contribution in [-0.4, -0.2) is 43.6 Å². The number of aryl methyl sites for hydroxylation is 2. The van der Waals surface area contributed by atoms with Gasteiger partial charge in [0.15, 0.2) is 17.5 Å². The Hall–Kier alpha value is -4.08. The minimum Gasteiger partial charge on any atom is -0.350 e. The summed E-state index contributed by atoms with van der Waals surface area (Å²) in [5.74, 6) is 1.63. The van der Waals surface area contributed by atoms with Crippen LogP contribution in [0.25, 0.3) is 5.82 Å². The fourth-order valence-electron chi connectivity index (χ4n) is 4.08. The van der Waals surface area contributed by atoms with Crippen molar-refractivity contribution < 1.29 is 9.18 Å². The van der Waals surface area contributed by atoms with Crippen LogP contribution in [-0.2, 0) is 4.79 Å². The number of halogens is 1. The molecule has 10 heteroatoms. The predicted octanol–water partition coefficient (Wildman–Crippen LogP) is 4.64. The number of anilines is 2. The Bertz CT molecular complexity index is 1310. The number of aliphatic imine (C=N–C) groups is 1. The van der Waals surface area contributed by atoms with Gasteiger partial charge in [-0.25, -0.2) is 19.0 Å². The third-order valence-corrected chi connectivity index (χ3v) is 6.36. The molecule has 0 aromatic carbocycles. The van der Waals surface area contributed by atoms with Crippen molar-refractivity contribution in [1.82, 2.24) is 30.3 Å². The first-order valence-electron chi connectivity index (χ1n) is 11.9. The number of amides is 1. The van der Waals surface area contributed by atoms with E-state index in [4.69, 9.17) is 4.98 Å². The van der Waals surface area contributed by atoms with Crippen molar-refractivity contribution in [2.75, 3.05) is 5.32 Å². The van der Waals surface area contributed by atoms with Gasteiger partial charge in [-0.3, -0.25) is 9.89 Å². The van der Waals surface area contributed by atoms with Crippen LogP contribution in [0.1, 0.15) is 49.6 Å². The van der Waals surface area contributed by atoms with E-state index < -0.39 is 5.82 Å². The Morgan fingerprint density at radius 1 is 1.28 bits per heavy atom. The number of nitrogens with one attached hydrogen (secondary N) is 3. The average molecular weight is 491 g/mol. The summed E-state index contributed by atoms with van der Waals surface area (Å²) in [4.78, 5) is 21.5. The highest BCUT2D eigenvalue weighted by atomic mass is 19.1. The van der Waals surface area contributed by atoms with E-state index in [1.807, 2.05) is 45.9 Å². The Kier molecular flexibility index (Phi) is 7.42. The van der Waals surface area contributed by atoms with Gasteiger partial charge in [0.25, 0.3) is 0 Å². The smallest absolute Gasteiger partial charge is 0.223 e. The van der Waals surface area contributed by atoms with Gasteiger partial charge in [0.05, 0.1) is 12.4 Å². The maximum Gasteiger partial charge on any atom is 0.223 e. The average Bonchev–Trinajstić information content (AvgIpc) is 3.40. The number of carbonyl (C=O) groups is 1. The summed E-state index contributed by atoms with van der Waals surface area (Å²) < 4.78 is 14.5. The molecule has 0 spiro atoms. The third kappa shape index (κ3) is 5.94. The third-order valence-electron chi connectivity index (χ3n) is 6.36. The van der Waals surface area contributed by atoms with E-state index in [2.05, 4.69) is 43.7 Å². The van der Waals surface area contributed by atoms with Gasteiger partial charge in [-0.2, -0.15) is 10.2 Å². The van der Waals surface area contributed by atoms with Gasteiger partial charge in [0.1, 0.15) is 5.82 Å². The van der Waals surface area contributed by atoms with Crippen molar-refractivity contribution in [2.24, 2.45) is 10.9 Å². The Balaban J connectivity index is 1.32. The van der Waals surface area contributed by atoms with E-state index in [0.717, 1.165) is 53.2 Å². The standard InChI is InChI=1S/C26H31FN8O/c1-15-8-22(31-23(9-15)32-24-10-17(3)33-34-24)19-11-20(12-19)26(36)30-18(4)16(2)6-7-25(28-5)35-14-21(27)13-29-35/h6-10,13-14,18-20H,5,11-12H2,1-4H3,(H,30,36)(H2,31,32,33,34)/b16-6+,25-7+/t18-,19-,20-/m0/s1. The molecule has 1 fully saturated rings. The van der Waals surface area contributed by atoms with Gasteiger partial charge in [-0.05, 0) is 71.0 Å². The zero-order chi connectivity index (χ0) is 25.8. The number of rotatable bonds is 9. The molecule has 1 aliphatic carbocycles. The van der Waals surface area contributed by atoms with Crippen molar-refractivity contribution in [3.63, 3.8) is 0 Å². The van der Waals surface area contributed by atoms with Crippen molar-refractivity contribution >= 4 is 30.1 Å². The largest absolute Gasteiger partial charge is 0.350 e. The Labute approximate surface area is 209 Å². The molecular formula is C26H31FN8O. The lowest BCUT2D eigenvalue weighted by atomic mass is 9.72. The molecule has 0 aliphatic heterocycles. The molecule has 3 heterocycles. The second-order valence-corrected chi connectivity index (χ2v) is 9.31. The van der Waals surface area contributed by atoms with Crippen LogP contribution in [0, 0.1) is 25.6 Å². The molecule has 3 aromatic rings. The number of carbonyl (C=O) groups excluding carboxylic acids is 1. The molecule has 0 saturated heterocycles. The van der Waals surface area contributed by atoms with Gasteiger partial charge in [-0.15, -0.1) is 0 Å². The summed E-state index contributed by atoms with van der Waals surface area (Å²) >= 11 is 0. The van der Waals surface area contributed by atoms with Gasteiger partial charge in [0, 0.05) is 35.3 Å². The molecular weight excluding hydrogens is 459 g/mol. The highest BCUT2D eigenvalue weighted by Gasteiger charge is 2.36. The van der Waals surface area contributed by atoms with E-state index in [1.54, 1.807) is 6.08 Å². The van der Waals surface area contributed by atoms with Crippen LogP contribution in [0.2, 0.25) is 0 Å². The quantitative estimate of drug-likeness (QED) is 0.299. The first kappa shape index (κ1) is 25.0. The lowest BCUT2D eigenvalue weighted by molar-refractivity contribution is -0.128. The first-order chi connectivity index (χ1) is 17.2. The number of pyridine rings is 1. The van der Waals surface area contributed by atoms with E-state index >= 15 is 0 Å². The number of nitrogens with zero attached hydrogens (tertiary/aromatic N) is 5. The maximum atomic E-state index is 13.2. The second-order valence-electron chi connectivity index (χ2n) is 9.31. The van der Waals surface area contributed by atoms with Crippen LogP contribution >= 0.6 is 0 Å². The number of hydrogen-bond donors (Lipinski definition) is 3. The molecule has 0 unspecified atom stereocenters. The number of aromatic amines is 1. The summed E-state index contributed by atoms with van der Waals surface area (Å²) in [6, 6.07) is 5.82. The zero-order valence-corrected chi connectivity index (χ0v) is 20.9. The highest BCUT2D eigenvalue weighted by Crippen LogP contribution is 2.41. The molecule has 0 radical (unpaired) electrons. The van der Waals surface area contributed by atoms with Gasteiger partial charge in [-0.1, -0.05) is 11.6 Å². The van der Waals surface area contributed by atoms with Crippen molar-refractivity contribution in [1.29, 1.82) is 0 Å². The molecule has 188 valence electrons. The van der Waals surface area contributed by atoms with Crippen LogP contribution in [0.15, 0.2) is 53.3 Å². The predicted molar refractivity (Wildman–Crippen MR) is 138 cm³/mol. The Morgan fingerprint density at radius 3 is 2.69 bits per heavy atom. The first-order valence-corrected chi connectivity index (χ1v) is 11.9. The highest BCUT2D eigenvalue weighted by molar-refractivity contribution is 5.80. The molecule has 0 bridgehead atoms. The van der Waals surface area contributed by atoms with E-state index in [1.165, 1.54) is 10.9 Å². The van der Waals surface area contributed by atoms with E-state index in [0.29, 0.717) is 5.82 Å². The lowest BCUT2D eigenvalue weighted by Crippen LogP contribution is -2.42. The van der Waals surface area contributed by atoms with Gasteiger partial charge in [0.2, 0.25) is 5.91 Å². The summed E-state index contributed by atoms with van der Waals surface area (Å²) in [5, 5.41) is 17.3. The summed E-state index contributed by atoms with van der Waals surface area (Å²) in [6.07, 6.45) is 7.36. The molecule has 36 heavy (non-hydrogen) atoms. The van der Waals surface area contributed by atoms with E-state index in [9.17, 15) is 9.18 Å². The van der Waals surface area contributed by atoms with Gasteiger partial charge >= 0.3 is 0 Å². The minimum atomic E-state index is -0.453. The number of hydrogen-bond acceptors (Lipinski definition) is 6. The molecule has 1 saturated carbocycles. The molecule has 9 nitrogen and oxygen atoms in total.